The van der Waals surface area contributed by atoms with E-state index in [0.29, 0.717) is 5.92 Å². The number of fused-ring (bicyclic) bond motifs is 1. The van der Waals surface area contributed by atoms with Crippen molar-refractivity contribution in [3.05, 3.63) is 52.0 Å². The minimum Gasteiger partial charge on any atom is -0.481 e. The summed E-state index contributed by atoms with van der Waals surface area (Å²) in [7, 11) is 0. The van der Waals surface area contributed by atoms with Crippen LogP contribution < -0.4 is 0 Å². The molecule has 0 atom stereocenters. The number of aromatic nitrogens is 2. The number of carboxylic acids is 1. The normalized spacial score (nSPS) is 11.4. The van der Waals surface area contributed by atoms with E-state index in [1.807, 2.05) is 18.2 Å². The maximum absolute atomic E-state index is 10.9. The lowest BCUT2D eigenvalue weighted by Crippen LogP contribution is -2.08. The van der Waals surface area contributed by atoms with Gasteiger partial charge in [-0.3, -0.25) is 4.79 Å². The molecule has 0 saturated carbocycles. The number of hydrogen-bond donors (Lipinski definition) is 1. The highest BCUT2D eigenvalue weighted by molar-refractivity contribution is 7.09. The summed E-state index contributed by atoms with van der Waals surface area (Å²) in [6, 6.07) is 9.98. The lowest BCUT2D eigenvalue weighted by atomic mass is 10.1. The lowest BCUT2D eigenvalue weighted by Gasteiger charge is -2.11. The number of imidazole rings is 1. The van der Waals surface area contributed by atoms with Crippen LogP contribution in [0.15, 0.2) is 35.7 Å². The van der Waals surface area contributed by atoms with E-state index in [9.17, 15) is 4.79 Å². The number of carbonyl (C=O) groups is 1. The van der Waals surface area contributed by atoms with Gasteiger partial charge in [-0.1, -0.05) is 26.0 Å². The molecule has 4 nitrogen and oxygen atoms in total. The molecule has 2 heterocycles. The van der Waals surface area contributed by atoms with Crippen molar-refractivity contribution in [2.24, 2.45) is 5.92 Å². The number of nitrogens with zero attached hydrogens (tertiary/aromatic N) is 2. The Hall–Kier alpha value is -2.14. The molecule has 0 bridgehead atoms. The van der Waals surface area contributed by atoms with Gasteiger partial charge in [0.1, 0.15) is 5.82 Å². The Labute approximate surface area is 139 Å². The van der Waals surface area contributed by atoms with E-state index in [1.54, 1.807) is 11.3 Å². The molecule has 23 heavy (non-hydrogen) atoms. The molecule has 0 unspecified atom stereocenters. The fourth-order valence-corrected chi connectivity index (χ4v) is 3.48. The standard InChI is InChI=1S/C18H20N2O2S/c1-12(2)11-20-16-6-5-13(9-18(21)22)8-15(16)19-17(20)10-14-4-3-7-23-14/h3-8,12H,9-11H2,1-2H3,(H,21,22). The third kappa shape index (κ3) is 3.62. The summed E-state index contributed by atoms with van der Waals surface area (Å²) in [5.41, 5.74) is 2.76. The van der Waals surface area contributed by atoms with Crippen LogP contribution in [0, 0.1) is 5.92 Å². The average Bonchev–Trinajstić information content (AvgIpc) is 3.07. The average molecular weight is 328 g/mol. The van der Waals surface area contributed by atoms with Gasteiger partial charge in [-0.15, -0.1) is 11.3 Å². The summed E-state index contributed by atoms with van der Waals surface area (Å²) >= 11 is 1.74. The predicted molar refractivity (Wildman–Crippen MR) is 93.0 cm³/mol. The van der Waals surface area contributed by atoms with Crippen molar-refractivity contribution in [1.82, 2.24) is 9.55 Å². The monoisotopic (exact) mass is 328 g/mol. The molecule has 3 aromatic rings. The van der Waals surface area contributed by atoms with Gasteiger partial charge in [0, 0.05) is 17.8 Å². The third-order valence-electron chi connectivity index (χ3n) is 3.71. The minimum absolute atomic E-state index is 0.0350. The molecule has 2 aromatic heterocycles. The van der Waals surface area contributed by atoms with Crippen molar-refractivity contribution >= 4 is 28.3 Å². The maximum atomic E-state index is 10.9. The van der Waals surface area contributed by atoms with Crippen molar-refractivity contribution < 1.29 is 9.90 Å². The van der Waals surface area contributed by atoms with Crippen molar-refractivity contribution in [3.8, 4) is 0 Å². The molecule has 3 rings (SSSR count). The van der Waals surface area contributed by atoms with Crippen LogP contribution in [0.4, 0.5) is 0 Å². The second kappa shape index (κ2) is 6.54. The lowest BCUT2D eigenvalue weighted by molar-refractivity contribution is -0.136. The van der Waals surface area contributed by atoms with Gasteiger partial charge < -0.3 is 9.67 Å². The first-order valence-corrected chi connectivity index (χ1v) is 8.63. The van der Waals surface area contributed by atoms with Crippen molar-refractivity contribution in [2.45, 2.75) is 33.2 Å². The van der Waals surface area contributed by atoms with E-state index in [4.69, 9.17) is 10.1 Å². The summed E-state index contributed by atoms with van der Waals surface area (Å²) < 4.78 is 2.27. The molecule has 0 aliphatic carbocycles. The van der Waals surface area contributed by atoms with E-state index < -0.39 is 5.97 Å². The zero-order chi connectivity index (χ0) is 16.4. The third-order valence-corrected chi connectivity index (χ3v) is 4.58. The van der Waals surface area contributed by atoms with Gasteiger partial charge in [-0.25, -0.2) is 4.98 Å². The molecular weight excluding hydrogens is 308 g/mol. The van der Waals surface area contributed by atoms with Gasteiger partial charge in [0.15, 0.2) is 0 Å². The van der Waals surface area contributed by atoms with Crippen LogP contribution >= 0.6 is 11.3 Å². The van der Waals surface area contributed by atoms with Gasteiger partial charge in [-0.2, -0.15) is 0 Å². The van der Waals surface area contributed by atoms with Crippen LogP contribution in [-0.4, -0.2) is 20.6 Å². The van der Waals surface area contributed by atoms with Crippen LogP contribution in [0.5, 0.6) is 0 Å². The van der Waals surface area contributed by atoms with Crippen LogP contribution in [-0.2, 0) is 24.2 Å². The summed E-state index contributed by atoms with van der Waals surface area (Å²) in [5, 5.41) is 11.0. The molecule has 1 aromatic carbocycles. The number of hydrogen-bond acceptors (Lipinski definition) is 3. The number of aliphatic carboxylic acids is 1. The van der Waals surface area contributed by atoms with Crippen LogP contribution in [0.25, 0.3) is 11.0 Å². The summed E-state index contributed by atoms with van der Waals surface area (Å²) in [6.07, 6.45) is 0.848. The molecule has 0 amide bonds. The van der Waals surface area contributed by atoms with Gasteiger partial charge in [0.25, 0.3) is 0 Å². The molecule has 5 heteroatoms. The highest BCUT2D eigenvalue weighted by Gasteiger charge is 2.14. The Kier molecular flexibility index (Phi) is 4.48. The highest BCUT2D eigenvalue weighted by atomic mass is 32.1. The first-order valence-electron chi connectivity index (χ1n) is 7.75. The number of thiophene rings is 1. The molecule has 0 aliphatic rings. The number of carboxylic acid groups (broad SMARTS) is 1. The Morgan fingerprint density at radius 1 is 1.35 bits per heavy atom. The van der Waals surface area contributed by atoms with Crippen LogP contribution in [0.3, 0.4) is 0 Å². The van der Waals surface area contributed by atoms with E-state index in [1.165, 1.54) is 4.88 Å². The molecule has 0 aliphatic heterocycles. The van der Waals surface area contributed by atoms with Crippen LogP contribution in [0.2, 0.25) is 0 Å². The zero-order valence-electron chi connectivity index (χ0n) is 13.3. The van der Waals surface area contributed by atoms with E-state index >= 15 is 0 Å². The molecule has 1 N–H and O–H groups in total. The predicted octanol–water partition coefficient (Wildman–Crippen LogP) is 3.97. The minimum atomic E-state index is -0.815. The van der Waals surface area contributed by atoms with Crippen molar-refractivity contribution in [3.63, 3.8) is 0 Å². The molecule has 0 radical (unpaired) electrons. The molecule has 0 fully saturated rings. The van der Waals surface area contributed by atoms with E-state index in [-0.39, 0.29) is 6.42 Å². The smallest absolute Gasteiger partial charge is 0.307 e. The Balaban J connectivity index is 2.03. The highest BCUT2D eigenvalue weighted by Crippen LogP contribution is 2.23. The fraction of sp³-hybridized carbons (Fsp3) is 0.333. The van der Waals surface area contributed by atoms with Crippen molar-refractivity contribution in [2.75, 3.05) is 0 Å². The number of rotatable bonds is 6. The van der Waals surface area contributed by atoms with Gasteiger partial charge in [0.2, 0.25) is 0 Å². The van der Waals surface area contributed by atoms with Gasteiger partial charge in [0.05, 0.1) is 17.5 Å². The second-order valence-electron chi connectivity index (χ2n) is 6.18. The summed E-state index contributed by atoms with van der Waals surface area (Å²) in [6.45, 7) is 5.30. The first-order chi connectivity index (χ1) is 11.0. The fourth-order valence-electron chi connectivity index (χ4n) is 2.78. The van der Waals surface area contributed by atoms with Gasteiger partial charge >= 0.3 is 5.97 Å². The Morgan fingerprint density at radius 3 is 2.83 bits per heavy atom. The first kappa shape index (κ1) is 15.7. The molecule has 0 saturated heterocycles. The Morgan fingerprint density at radius 2 is 2.17 bits per heavy atom. The van der Waals surface area contributed by atoms with Crippen LogP contribution in [0.1, 0.15) is 30.1 Å². The summed E-state index contributed by atoms with van der Waals surface area (Å²) in [5.74, 6) is 0.751. The summed E-state index contributed by atoms with van der Waals surface area (Å²) in [4.78, 5) is 17.0. The van der Waals surface area contributed by atoms with Crippen molar-refractivity contribution in [1.29, 1.82) is 0 Å². The quantitative estimate of drug-likeness (QED) is 0.745. The Bertz CT molecular complexity index is 819. The molecule has 120 valence electrons. The molecule has 0 spiro atoms. The largest absolute Gasteiger partial charge is 0.481 e. The van der Waals surface area contributed by atoms with E-state index in [0.717, 1.165) is 35.4 Å². The second-order valence-corrected chi connectivity index (χ2v) is 7.21. The SMILES string of the molecule is CC(C)Cn1c(Cc2cccs2)nc2cc(CC(=O)O)ccc21. The zero-order valence-corrected chi connectivity index (χ0v) is 14.1. The van der Waals surface area contributed by atoms with Gasteiger partial charge in [-0.05, 0) is 35.1 Å². The van der Waals surface area contributed by atoms with E-state index in [2.05, 4.69) is 35.9 Å². The maximum Gasteiger partial charge on any atom is 0.307 e. The topological polar surface area (TPSA) is 55.1 Å². The molecular formula is C18H20N2O2S. The number of benzene rings is 1.